The lowest BCUT2D eigenvalue weighted by Crippen LogP contribution is -1.85. The Morgan fingerprint density at radius 3 is 3.00 bits per heavy atom. The van der Waals surface area contributed by atoms with Gasteiger partial charge in [-0.05, 0) is 35.4 Å². The molecule has 0 spiro atoms. The van der Waals surface area contributed by atoms with Crippen molar-refractivity contribution in [2.24, 2.45) is 0 Å². The van der Waals surface area contributed by atoms with Gasteiger partial charge in [0.1, 0.15) is 5.75 Å². The Balaban J connectivity index is 2.85. The van der Waals surface area contributed by atoms with Gasteiger partial charge >= 0.3 is 0 Å². The standard InChI is InChI=1S/C10H9BrOS/c1-6-8(5-11)9(12)4-7-2-3-13-10(6)7/h2-4,12H,5H2,1H3. The normalized spacial score (nSPS) is 10.9. The molecule has 0 atom stereocenters. The SMILES string of the molecule is Cc1c(CBr)c(O)cc2ccsc12. The molecular formula is C10H9BrOS. The van der Waals surface area contributed by atoms with Gasteiger partial charge in [-0.1, -0.05) is 15.9 Å². The highest BCUT2D eigenvalue weighted by atomic mass is 79.9. The Hall–Kier alpha value is -0.540. The number of aromatic hydroxyl groups is 1. The van der Waals surface area contributed by atoms with Crippen molar-refractivity contribution in [1.82, 2.24) is 0 Å². The van der Waals surface area contributed by atoms with E-state index in [-0.39, 0.29) is 0 Å². The zero-order valence-electron chi connectivity index (χ0n) is 7.17. The first-order chi connectivity index (χ1) is 6.24. The molecule has 0 saturated heterocycles. The largest absolute Gasteiger partial charge is 0.508 e. The van der Waals surface area contributed by atoms with Gasteiger partial charge in [0.15, 0.2) is 0 Å². The minimum Gasteiger partial charge on any atom is -0.508 e. The second-order valence-electron chi connectivity index (χ2n) is 2.97. The molecule has 0 aliphatic heterocycles. The first-order valence-corrected chi connectivity index (χ1v) is 5.98. The summed E-state index contributed by atoms with van der Waals surface area (Å²) in [5.74, 6) is 0.389. The van der Waals surface area contributed by atoms with E-state index in [9.17, 15) is 5.11 Å². The van der Waals surface area contributed by atoms with Gasteiger partial charge in [0.25, 0.3) is 0 Å². The van der Waals surface area contributed by atoms with Crippen LogP contribution in [0.4, 0.5) is 0 Å². The average molecular weight is 257 g/mol. The summed E-state index contributed by atoms with van der Waals surface area (Å²) in [4.78, 5) is 0. The fourth-order valence-electron chi connectivity index (χ4n) is 1.47. The number of phenolic OH excluding ortho intramolecular Hbond substituents is 1. The molecule has 0 fully saturated rings. The van der Waals surface area contributed by atoms with Crippen LogP contribution < -0.4 is 0 Å². The summed E-state index contributed by atoms with van der Waals surface area (Å²) in [5, 5.41) is 13.6. The molecule has 1 N–H and O–H groups in total. The predicted molar refractivity (Wildman–Crippen MR) is 60.9 cm³/mol. The Kier molecular flexibility index (Phi) is 2.30. The summed E-state index contributed by atoms with van der Waals surface area (Å²) >= 11 is 5.10. The van der Waals surface area contributed by atoms with Crippen molar-refractivity contribution in [3.05, 3.63) is 28.6 Å². The van der Waals surface area contributed by atoms with Gasteiger partial charge in [-0.3, -0.25) is 0 Å². The molecule has 1 aromatic carbocycles. The molecule has 0 unspecified atom stereocenters. The molecule has 1 heterocycles. The third-order valence-electron chi connectivity index (χ3n) is 2.22. The number of hydrogen-bond acceptors (Lipinski definition) is 2. The first kappa shape index (κ1) is 9.03. The lowest BCUT2D eigenvalue weighted by molar-refractivity contribution is 0.471. The second-order valence-corrected chi connectivity index (χ2v) is 4.45. The Morgan fingerprint density at radius 2 is 2.31 bits per heavy atom. The van der Waals surface area contributed by atoms with Crippen molar-refractivity contribution in [2.75, 3.05) is 0 Å². The van der Waals surface area contributed by atoms with Gasteiger partial charge in [0.05, 0.1) is 0 Å². The fraction of sp³-hybridized carbons (Fsp3) is 0.200. The maximum atomic E-state index is 9.68. The van der Waals surface area contributed by atoms with E-state index in [1.165, 1.54) is 10.3 Å². The van der Waals surface area contributed by atoms with E-state index in [1.807, 2.05) is 12.1 Å². The van der Waals surface area contributed by atoms with Crippen molar-refractivity contribution in [3.8, 4) is 5.75 Å². The van der Waals surface area contributed by atoms with Gasteiger partial charge < -0.3 is 5.11 Å². The Labute approximate surface area is 89.1 Å². The highest BCUT2D eigenvalue weighted by molar-refractivity contribution is 9.08. The molecule has 2 rings (SSSR count). The van der Waals surface area contributed by atoms with Gasteiger partial charge in [-0.2, -0.15) is 0 Å². The van der Waals surface area contributed by atoms with Gasteiger partial charge in [-0.25, -0.2) is 0 Å². The van der Waals surface area contributed by atoms with E-state index in [0.717, 1.165) is 10.9 Å². The number of alkyl halides is 1. The molecule has 0 saturated carbocycles. The molecule has 13 heavy (non-hydrogen) atoms. The molecule has 1 aromatic heterocycles. The summed E-state index contributed by atoms with van der Waals surface area (Å²) in [7, 11) is 0. The molecule has 0 radical (unpaired) electrons. The van der Waals surface area contributed by atoms with Crippen LogP contribution in [0.5, 0.6) is 5.75 Å². The fourth-order valence-corrected chi connectivity index (χ4v) is 3.09. The van der Waals surface area contributed by atoms with E-state index in [2.05, 4.69) is 28.2 Å². The van der Waals surface area contributed by atoms with Crippen LogP contribution in [0, 0.1) is 6.92 Å². The number of fused-ring (bicyclic) bond motifs is 1. The maximum absolute atomic E-state index is 9.68. The highest BCUT2D eigenvalue weighted by Crippen LogP contribution is 2.34. The molecule has 0 bridgehead atoms. The molecule has 68 valence electrons. The molecule has 0 aliphatic rings. The number of phenols is 1. The summed E-state index contributed by atoms with van der Waals surface area (Å²) in [6, 6.07) is 3.86. The number of benzene rings is 1. The third kappa shape index (κ3) is 1.36. The number of thiophene rings is 1. The minimum atomic E-state index is 0.389. The number of aryl methyl sites for hydroxylation is 1. The summed E-state index contributed by atoms with van der Waals surface area (Å²) in [6.07, 6.45) is 0. The van der Waals surface area contributed by atoms with Crippen LogP contribution in [-0.4, -0.2) is 5.11 Å². The maximum Gasteiger partial charge on any atom is 0.120 e. The van der Waals surface area contributed by atoms with Gasteiger partial charge in [0.2, 0.25) is 0 Å². The molecule has 0 amide bonds. The van der Waals surface area contributed by atoms with Crippen molar-refractivity contribution in [3.63, 3.8) is 0 Å². The van der Waals surface area contributed by atoms with Crippen LogP contribution in [0.1, 0.15) is 11.1 Å². The van der Waals surface area contributed by atoms with Gasteiger partial charge in [-0.15, -0.1) is 11.3 Å². The smallest absolute Gasteiger partial charge is 0.120 e. The average Bonchev–Trinajstić information content (AvgIpc) is 2.53. The number of hydrogen-bond donors (Lipinski definition) is 1. The van der Waals surface area contributed by atoms with Gasteiger partial charge in [0, 0.05) is 15.6 Å². The molecular weight excluding hydrogens is 248 g/mol. The predicted octanol–water partition coefficient (Wildman–Crippen LogP) is 3.81. The summed E-state index contributed by atoms with van der Waals surface area (Å²) in [6.45, 7) is 2.05. The first-order valence-electron chi connectivity index (χ1n) is 3.98. The molecule has 2 aromatic rings. The Bertz CT molecular complexity index is 447. The molecule has 3 heteroatoms. The van der Waals surface area contributed by atoms with Crippen LogP contribution in [0.3, 0.4) is 0 Å². The van der Waals surface area contributed by atoms with Crippen molar-refractivity contribution in [1.29, 1.82) is 0 Å². The molecule has 0 aliphatic carbocycles. The lowest BCUT2D eigenvalue weighted by Gasteiger charge is -2.06. The molecule has 1 nitrogen and oxygen atoms in total. The zero-order chi connectivity index (χ0) is 9.42. The third-order valence-corrected chi connectivity index (χ3v) is 3.83. The van der Waals surface area contributed by atoms with E-state index >= 15 is 0 Å². The van der Waals surface area contributed by atoms with Crippen LogP contribution in [0.25, 0.3) is 10.1 Å². The van der Waals surface area contributed by atoms with Crippen LogP contribution in [-0.2, 0) is 5.33 Å². The zero-order valence-corrected chi connectivity index (χ0v) is 9.58. The monoisotopic (exact) mass is 256 g/mol. The van der Waals surface area contributed by atoms with Crippen LogP contribution in [0.15, 0.2) is 17.5 Å². The highest BCUT2D eigenvalue weighted by Gasteiger charge is 2.08. The second kappa shape index (κ2) is 3.31. The number of rotatable bonds is 1. The van der Waals surface area contributed by atoms with E-state index in [0.29, 0.717) is 11.1 Å². The number of halogens is 1. The topological polar surface area (TPSA) is 20.2 Å². The van der Waals surface area contributed by atoms with E-state index in [4.69, 9.17) is 0 Å². The lowest BCUT2D eigenvalue weighted by atomic mass is 10.1. The van der Waals surface area contributed by atoms with Crippen molar-refractivity contribution >= 4 is 37.4 Å². The minimum absolute atomic E-state index is 0.389. The van der Waals surface area contributed by atoms with Crippen molar-refractivity contribution in [2.45, 2.75) is 12.3 Å². The van der Waals surface area contributed by atoms with E-state index in [1.54, 1.807) is 11.3 Å². The summed E-state index contributed by atoms with van der Waals surface area (Å²) in [5.41, 5.74) is 2.18. The Morgan fingerprint density at radius 1 is 1.54 bits per heavy atom. The van der Waals surface area contributed by atoms with Crippen molar-refractivity contribution < 1.29 is 5.11 Å². The van der Waals surface area contributed by atoms with E-state index < -0.39 is 0 Å². The van der Waals surface area contributed by atoms with Crippen LogP contribution in [0.2, 0.25) is 0 Å². The quantitative estimate of drug-likeness (QED) is 0.770. The summed E-state index contributed by atoms with van der Waals surface area (Å²) < 4.78 is 1.27. The van der Waals surface area contributed by atoms with Crippen LogP contribution >= 0.6 is 27.3 Å².